The number of rotatable bonds is 5. The molecule has 0 amide bonds. The highest BCUT2D eigenvalue weighted by Gasteiger charge is 2.21. The van der Waals surface area contributed by atoms with Crippen molar-refractivity contribution in [3.63, 3.8) is 0 Å². The lowest BCUT2D eigenvalue weighted by atomic mass is 10.2. The van der Waals surface area contributed by atoms with Crippen molar-refractivity contribution >= 4 is 11.4 Å². The van der Waals surface area contributed by atoms with Gasteiger partial charge < -0.3 is 4.74 Å². The van der Waals surface area contributed by atoms with Gasteiger partial charge >= 0.3 is 11.4 Å². The molecule has 7 heteroatoms. The lowest BCUT2D eigenvalue weighted by Crippen LogP contribution is -1.95. The quantitative estimate of drug-likeness (QED) is 0.619. The lowest BCUT2D eigenvalue weighted by Gasteiger charge is -1.98. The Bertz CT molecular complexity index is 583. The van der Waals surface area contributed by atoms with Crippen molar-refractivity contribution < 1.29 is 14.6 Å². The largest absolute Gasteiger partial charge is 0.377 e. The maximum atomic E-state index is 10.2. The Labute approximate surface area is 127 Å². The summed E-state index contributed by atoms with van der Waals surface area (Å²) >= 11 is 0. The van der Waals surface area contributed by atoms with E-state index in [0.29, 0.717) is 0 Å². The number of nitro benzene ring substituents is 2. The highest BCUT2D eigenvalue weighted by atomic mass is 16.6. The van der Waals surface area contributed by atoms with Crippen molar-refractivity contribution in [2.45, 2.75) is 13.5 Å². The van der Waals surface area contributed by atoms with Crippen LogP contribution in [0.25, 0.3) is 0 Å². The number of ether oxygens (including phenoxy) is 1. The molecule has 0 aliphatic heterocycles. The molecule has 0 saturated heterocycles. The van der Waals surface area contributed by atoms with Gasteiger partial charge in [0.05, 0.1) is 16.5 Å². The van der Waals surface area contributed by atoms with Crippen LogP contribution in [0.4, 0.5) is 11.4 Å². The van der Waals surface area contributed by atoms with Crippen LogP contribution in [0.3, 0.4) is 0 Å². The van der Waals surface area contributed by atoms with E-state index in [0.717, 1.165) is 25.3 Å². The molecule has 22 heavy (non-hydrogen) atoms. The van der Waals surface area contributed by atoms with Gasteiger partial charge in [0.25, 0.3) is 0 Å². The SMILES string of the molecule is CCOCc1ccccc1.O=[N+]([O-])c1ccccc1[N+](=O)[O-]. The summed E-state index contributed by atoms with van der Waals surface area (Å²) in [5.41, 5.74) is 0.273. The Morgan fingerprint density at radius 3 is 1.73 bits per heavy atom. The number of hydrogen-bond donors (Lipinski definition) is 0. The van der Waals surface area contributed by atoms with Crippen molar-refractivity contribution in [3.05, 3.63) is 80.4 Å². The van der Waals surface area contributed by atoms with Crippen LogP contribution in [0, 0.1) is 20.2 Å². The molecule has 0 heterocycles. The molecule has 0 aromatic heterocycles. The maximum absolute atomic E-state index is 10.2. The molecule has 0 aliphatic rings. The highest BCUT2D eigenvalue weighted by molar-refractivity contribution is 5.51. The zero-order chi connectivity index (χ0) is 16.4. The minimum atomic E-state index is -0.780. The standard InChI is InChI=1S/C9H12O.C6H4N2O4/c1-2-10-8-9-6-4-3-5-7-9;9-7(10)5-3-1-2-4-6(5)8(11)12/h3-7H,2,8H2,1H3;1-4H. The average molecular weight is 304 g/mol. The summed E-state index contributed by atoms with van der Waals surface area (Å²) < 4.78 is 5.22. The third-order valence-corrected chi connectivity index (χ3v) is 2.59. The van der Waals surface area contributed by atoms with Crippen LogP contribution in [0.15, 0.2) is 54.6 Å². The van der Waals surface area contributed by atoms with Crippen molar-refractivity contribution in [2.75, 3.05) is 6.61 Å². The first-order chi connectivity index (χ1) is 10.6. The first-order valence-corrected chi connectivity index (χ1v) is 6.55. The van der Waals surface area contributed by atoms with Gasteiger partial charge in [-0.2, -0.15) is 0 Å². The summed E-state index contributed by atoms with van der Waals surface area (Å²) in [6, 6.07) is 15.1. The van der Waals surface area contributed by atoms with Gasteiger partial charge in [-0.15, -0.1) is 0 Å². The molecule has 0 radical (unpaired) electrons. The third-order valence-electron chi connectivity index (χ3n) is 2.59. The van der Waals surface area contributed by atoms with E-state index in [2.05, 4.69) is 12.1 Å². The van der Waals surface area contributed by atoms with Crippen LogP contribution in [0.1, 0.15) is 12.5 Å². The van der Waals surface area contributed by atoms with Crippen molar-refractivity contribution in [1.29, 1.82) is 0 Å². The maximum Gasteiger partial charge on any atom is 0.346 e. The van der Waals surface area contributed by atoms with Gasteiger partial charge in [0.1, 0.15) is 0 Å². The molecule has 0 saturated carbocycles. The van der Waals surface area contributed by atoms with E-state index in [1.54, 1.807) is 0 Å². The summed E-state index contributed by atoms with van der Waals surface area (Å²) in [6.07, 6.45) is 0. The van der Waals surface area contributed by atoms with Gasteiger partial charge in [-0.1, -0.05) is 42.5 Å². The third kappa shape index (κ3) is 5.68. The van der Waals surface area contributed by atoms with E-state index < -0.39 is 21.2 Å². The van der Waals surface area contributed by atoms with E-state index in [-0.39, 0.29) is 0 Å². The molecule has 2 aromatic carbocycles. The second-order valence-electron chi connectivity index (χ2n) is 4.13. The fourth-order valence-electron chi connectivity index (χ4n) is 1.57. The van der Waals surface area contributed by atoms with Gasteiger partial charge in [0.15, 0.2) is 0 Å². The Hall–Kier alpha value is -2.80. The van der Waals surface area contributed by atoms with Crippen molar-refractivity contribution in [2.24, 2.45) is 0 Å². The van der Waals surface area contributed by atoms with Gasteiger partial charge in [-0.25, -0.2) is 0 Å². The zero-order valence-electron chi connectivity index (χ0n) is 12.0. The Balaban J connectivity index is 0.000000224. The number of nitro groups is 2. The smallest absolute Gasteiger partial charge is 0.346 e. The summed E-state index contributed by atoms with van der Waals surface area (Å²) in [5, 5.41) is 20.5. The molecule has 116 valence electrons. The highest BCUT2D eigenvalue weighted by Crippen LogP contribution is 2.24. The van der Waals surface area contributed by atoms with Gasteiger partial charge in [-0.05, 0) is 12.5 Å². The molecule has 0 unspecified atom stereocenters. The van der Waals surface area contributed by atoms with Crippen LogP contribution in [0.2, 0.25) is 0 Å². The predicted octanol–water partition coefficient (Wildman–Crippen LogP) is 3.73. The molecule has 7 nitrogen and oxygen atoms in total. The van der Waals surface area contributed by atoms with Crippen molar-refractivity contribution in [1.82, 2.24) is 0 Å². The van der Waals surface area contributed by atoms with Crippen LogP contribution in [0.5, 0.6) is 0 Å². The number of para-hydroxylation sites is 2. The van der Waals surface area contributed by atoms with E-state index in [4.69, 9.17) is 4.74 Å². The Morgan fingerprint density at radius 2 is 1.32 bits per heavy atom. The van der Waals surface area contributed by atoms with Crippen LogP contribution in [-0.4, -0.2) is 16.5 Å². The molecular weight excluding hydrogens is 288 g/mol. The molecule has 0 N–H and O–H groups in total. The van der Waals surface area contributed by atoms with E-state index in [9.17, 15) is 20.2 Å². The van der Waals surface area contributed by atoms with Crippen LogP contribution < -0.4 is 0 Å². The summed E-state index contributed by atoms with van der Waals surface area (Å²) in [5.74, 6) is 0. The Kier molecular flexibility index (Phi) is 7.21. The normalized spacial score (nSPS) is 9.50. The summed E-state index contributed by atoms with van der Waals surface area (Å²) in [4.78, 5) is 18.9. The second-order valence-corrected chi connectivity index (χ2v) is 4.13. The fourth-order valence-corrected chi connectivity index (χ4v) is 1.57. The topological polar surface area (TPSA) is 95.5 Å². The van der Waals surface area contributed by atoms with Crippen LogP contribution in [-0.2, 0) is 11.3 Å². The molecule has 0 fully saturated rings. The van der Waals surface area contributed by atoms with Gasteiger partial charge in [0, 0.05) is 18.7 Å². The monoisotopic (exact) mass is 304 g/mol. The zero-order valence-corrected chi connectivity index (χ0v) is 12.0. The van der Waals surface area contributed by atoms with Crippen molar-refractivity contribution in [3.8, 4) is 0 Å². The average Bonchev–Trinajstić information content (AvgIpc) is 2.54. The van der Waals surface area contributed by atoms with E-state index in [1.165, 1.54) is 17.7 Å². The minimum absolute atomic E-state index is 0.484. The first-order valence-electron chi connectivity index (χ1n) is 6.55. The second kappa shape index (κ2) is 9.19. The number of hydrogen-bond acceptors (Lipinski definition) is 5. The molecule has 0 atom stereocenters. The molecule has 2 rings (SSSR count). The fraction of sp³-hybridized carbons (Fsp3) is 0.200. The van der Waals surface area contributed by atoms with E-state index in [1.807, 2.05) is 25.1 Å². The molecule has 0 spiro atoms. The minimum Gasteiger partial charge on any atom is -0.377 e. The van der Waals surface area contributed by atoms with E-state index >= 15 is 0 Å². The van der Waals surface area contributed by atoms with Crippen LogP contribution >= 0.6 is 0 Å². The first kappa shape index (κ1) is 17.3. The number of nitrogens with zero attached hydrogens (tertiary/aromatic N) is 2. The predicted molar refractivity (Wildman–Crippen MR) is 81.5 cm³/mol. The number of benzene rings is 2. The lowest BCUT2D eigenvalue weighted by molar-refractivity contribution is -0.422. The summed E-state index contributed by atoms with van der Waals surface area (Å²) in [6.45, 7) is 3.52. The Morgan fingerprint density at radius 1 is 0.864 bits per heavy atom. The molecule has 0 aliphatic carbocycles. The molecule has 2 aromatic rings. The van der Waals surface area contributed by atoms with Gasteiger partial charge in [-0.3, -0.25) is 20.2 Å². The summed E-state index contributed by atoms with van der Waals surface area (Å²) in [7, 11) is 0. The van der Waals surface area contributed by atoms with Gasteiger partial charge in [0.2, 0.25) is 0 Å². The molecular formula is C15H16N2O5. The molecule has 0 bridgehead atoms.